The first kappa shape index (κ1) is 13.7. The maximum absolute atomic E-state index is 6.37. The van der Waals surface area contributed by atoms with Crippen molar-refractivity contribution in [2.45, 2.75) is 19.8 Å². The zero-order valence-corrected chi connectivity index (χ0v) is 13.8. The van der Waals surface area contributed by atoms with Crippen LogP contribution < -0.4 is 14.5 Å². The Labute approximate surface area is 142 Å². The Balaban J connectivity index is 1.68. The Hall–Kier alpha value is -2.68. The van der Waals surface area contributed by atoms with Crippen molar-refractivity contribution in [3.05, 3.63) is 54.6 Å². The van der Waals surface area contributed by atoms with Crippen LogP contribution in [0.25, 0.3) is 10.8 Å². The molecule has 2 heterocycles. The SMILES string of the molecule is CCCCN1CN2c3ccc4ccccc4c3Oc3cccc1c32. The van der Waals surface area contributed by atoms with Gasteiger partial charge < -0.3 is 14.5 Å². The van der Waals surface area contributed by atoms with E-state index >= 15 is 0 Å². The minimum absolute atomic E-state index is 0.904. The van der Waals surface area contributed by atoms with E-state index in [9.17, 15) is 0 Å². The molecular weight excluding hydrogens is 296 g/mol. The van der Waals surface area contributed by atoms with E-state index < -0.39 is 0 Å². The summed E-state index contributed by atoms with van der Waals surface area (Å²) < 4.78 is 6.37. The molecule has 0 bridgehead atoms. The molecule has 3 aromatic carbocycles. The molecule has 3 nitrogen and oxygen atoms in total. The van der Waals surface area contributed by atoms with Gasteiger partial charge in [0.25, 0.3) is 0 Å². The van der Waals surface area contributed by atoms with Crippen LogP contribution in [0.15, 0.2) is 54.6 Å². The summed E-state index contributed by atoms with van der Waals surface area (Å²) >= 11 is 0. The van der Waals surface area contributed by atoms with Crippen LogP contribution >= 0.6 is 0 Å². The van der Waals surface area contributed by atoms with Gasteiger partial charge in [0.05, 0.1) is 18.0 Å². The summed E-state index contributed by atoms with van der Waals surface area (Å²) in [5.74, 6) is 1.95. The molecule has 2 aliphatic rings. The Morgan fingerprint density at radius 1 is 0.958 bits per heavy atom. The Kier molecular flexibility index (Phi) is 2.96. The molecule has 5 rings (SSSR count). The number of unbranched alkanes of at least 4 members (excludes halogenated alkanes) is 1. The third-order valence-corrected chi connectivity index (χ3v) is 5.04. The van der Waals surface area contributed by atoms with Crippen molar-refractivity contribution in [2.24, 2.45) is 0 Å². The minimum Gasteiger partial charge on any atom is -0.452 e. The predicted octanol–water partition coefficient (Wildman–Crippen LogP) is 5.66. The Bertz CT molecular complexity index is 934. The number of nitrogens with zero attached hydrogens (tertiary/aromatic N) is 2. The van der Waals surface area contributed by atoms with Gasteiger partial charge in [0.1, 0.15) is 5.69 Å². The molecule has 120 valence electrons. The lowest BCUT2D eigenvalue weighted by atomic mass is 10.1. The van der Waals surface area contributed by atoms with Crippen LogP contribution in [0.4, 0.5) is 17.1 Å². The fraction of sp³-hybridized carbons (Fsp3) is 0.238. The summed E-state index contributed by atoms with van der Waals surface area (Å²) in [5.41, 5.74) is 3.68. The lowest BCUT2D eigenvalue weighted by molar-refractivity contribution is 0.481. The largest absolute Gasteiger partial charge is 0.452 e. The van der Waals surface area contributed by atoms with Crippen LogP contribution in [0.2, 0.25) is 0 Å². The summed E-state index contributed by atoms with van der Waals surface area (Å²) in [6.07, 6.45) is 2.42. The Morgan fingerprint density at radius 3 is 2.79 bits per heavy atom. The highest BCUT2D eigenvalue weighted by Crippen LogP contribution is 2.55. The molecule has 0 aliphatic carbocycles. The number of rotatable bonds is 3. The van der Waals surface area contributed by atoms with Gasteiger partial charge in [0.2, 0.25) is 0 Å². The molecule has 24 heavy (non-hydrogen) atoms. The maximum Gasteiger partial charge on any atom is 0.159 e. The van der Waals surface area contributed by atoms with E-state index in [-0.39, 0.29) is 0 Å². The van der Waals surface area contributed by atoms with Crippen LogP contribution in [0.5, 0.6) is 11.5 Å². The first-order valence-corrected chi connectivity index (χ1v) is 8.72. The highest BCUT2D eigenvalue weighted by atomic mass is 16.5. The molecule has 0 N–H and O–H groups in total. The molecule has 0 fully saturated rings. The predicted molar refractivity (Wildman–Crippen MR) is 99.7 cm³/mol. The van der Waals surface area contributed by atoms with E-state index in [1.807, 2.05) is 0 Å². The molecule has 3 aromatic rings. The van der Waals surface area contributed by atoms with Crippen molar-refractivity contribution in [1.82, 2.24) is 0 Å². The summed E-state index contributed by atoms with van der Waals surface area (Å²) in [6.45, 7) is 4.24. The van der Waals surface area contributed by atoms with E-state index in [0.29, 0.717) is 0 Å². The zero-order chi connectivity index (χ0) is 16.1. The average Bonchev–Trinajstić information content (AvgIpc) is 3.00. The fourth-order valence-electron chi connectivity index (χ4n) is 3.84. The molecule has 0 radical (unpaired) electrons. The molecule has 0 saturated heterocycles. The summed E-state index contributed by atoms with van der Waals surface area (Å²) in [6, 6.07) is 19.2. The second-order valence-corrected chi connectivity index (χ2v) is 6.55. The summed E-state index contributed by atoms with van der Waals surface area (Å²) in [4.78, 5) is 4.88. The van der Waals surface area contributed by atoms with Gasteiger partial charge in [-0.05, 0) is 30.0 Å². The number of hydrogen-bond donors (Lipinski definition) is 0. The topological polar surface area (TPSA) is 15.7 Å². The van der Waals surface area contributed by atoms with Gasteiger partial charge in [0, 0.05) is 11.9 Å². The van der Waals surface area contributed by atoms with Crippen LogP contribution in [0, 0.1) is 0 Å². The van der Waals surface area contributed by atoms with E-state index in [1.165, 1.54) is 40.7 Å². The van der Waals surface area contributed by atoms with Crippen LogP contribution in [0.1, 0.15) is 19.8 Å². The molecule has 0 aromatic heterocycles. The normalized spacial score (nSPS) is 14.5. The average molecular weight is 316 g/mol. The first-order valence-electron chi connectivity index (χ1n) is 8.72. The van der Waals surface area contributed by atoms with Gasteiger partial charge in [-0.15, -0.1) is 0 Å². The van der Waals surface area contributed by atoms with E-state index in [1.54, 1.807) is 0 Å². The lowest BCUT2D eigenvalue weighted by Crippen LogP contribution is -2.29. The number of fused-ring (bicyclic) bond motifs is 4. The maximum atomic E-state index is 6.37. The number of anilines is 3. The smallest absolute Gasteiger partial charge is 0.159 e. The molecule has 2 aliphatic heterocycles. The van der Waals surface area contributed by atoms with Gasteiger partial charge in [-0.3, -0.25) is 0 Å². The second-order valence-electron chi connectivity index (χ2n) is 6.55. The summed E-state index contributed by atoms with van der Waals surface area (Å²) in [5, 5.41) is 2.40. The monoisotopic (exact) mass is 316 g/mol. The standard InChI is InChI=1S/C21H20N2O/c1-2-3-13-22-14-23-18-12-11-15-7-4-5-8-16(15)21(18)24-19-10-6-9-17(22)20(19)23/h4-12H,2-3,13-14H2,1H3. The third kappa shape index (κ3) is 1.84. The molecule has 3 heteroatoms. The first-order chi connectivity index (χ1) is 11.9. The van der Waals surface area contributed by atoms with Crippen LogP contribution in [-0.4, -0.2) is 13.2 Å². The van der Waals surface area contributed by atoms with E-state index in [0.717, 1.165) is 24.7 Å². The molecule has 0 amide bonds. The molecular formula is C21H20N2O. The number of ether oxygens (including phenoxy) is 1. The van der Waals surface area contributed by atoms with Crippen LogP contribution in [0.3, 0.4) is 0 Å². The van der Waals surface area contributed by atoms with E-state index in [4.69, 9.17) is 4.74 Å². The lowest BCUT2D eigenvalue weighted by Gasteiger charge is -2.29. The molecule has 0 atom stereocenters. The molecule has 0 saturated carbocycles. The van der Waals surface area contributed by atoms with Crippen molar-refractivity contribution in [1.29, 1.82) is 0 Å². The van der Waals surface area contributed by atoms with Crippen molar-refractivity contribution in [2.75, 3.05) is 23.0 Å². The minimum atomic E-state index is 0.904. The number of hydrogen-bond acceptors (Lipinski definition) is 3. The van der Waals surface area contributed by atoms with Crippen molar-refractivity contribution in [3.63, 3.8) is 0 Å². The van der Waals surface area contributed by atoms with Crippen molar-refractivity contribution >= 4 is 27.8 Å². The van der Waals surface area contributed by atoms with Crippen molar-refractivity contribution < 1.29 is 4.74 Å². The molecule has 0 unspecified atom stereocenters. The van der Waals surface area contributed by atoms with Gasteiger partial charge in [-0.1, -0.05) is 49.7 Å². The van der Waals surface area contributed by atoms with Gasteiger partial charge in [-0.25, -0.2) is 0 Å². The fourth-order valence-corrected chi connectivity index (χ4v) is 3.84. The number of benzene rings is 3. The highest BCUT2D eigenvalue weighted by molar-refractivity contribution is 6.00. The zero-order valence-electron chi connectivity index (χ0n) is 13.8. The van der Waals surface area contributed by atoms with Gasteiger partial charge >= 0.3 is 0 Å². The Morgan fingerprint density at radius 2 is 1.88 bits per heavy atom. The second kappa shape index (κ2) is 5.17. The quantitative estimate of drug-likeness (QED) is 0.620. The van der Waals surface area contributed by atoms with Gasteiger partial charge in [-0.2, -0.15) is 0 Å². The number of para-hydroxylation sites is 1. The summed E-state index contributed by atoms with van der Waals surface area (Å²) in [7, 11) is 0. The third-order valence-electron chi connectivity index (χ3n) is 5.04. The highest BCUT2D eigenvalue weighted by Gasteiger charge is 2.35. The van der Waals surface area contributed by atoms with Crippen molar-refractivity contribution in [3.8, 4) is 11.5 Å². The molecule has 0 spiro atoms. The van der Waals surface area contributed by atoms with Gasteiger partial charge in [0.15, 0.2) is 11.5 Å². The van der Waals surface area contributed by atoms with Crippen LogP contribution in [-0.2, 0) is 0 Å². The van der Waals surface area contributed by atoms with E-state index in [2.05, 4.69) is 71.3 Å².